The number of piperidine rings is 1. The van der Waals surface area contributed by atoms with Gasteiger partial charge in [0.25, 0.3) is 0 Å². The van der Waals surface area contributed by atoms with Gasteiger partial charge in [0.1, 0.15) is 0 Å². The maximum Gasteiger partial charge on any atom is 0.0996 e. The number of fused-ring (bicyclic) bond motifs is 2. The highest BCUT2D eigenvalue weighted by atomic mass is 15.2. The molecule has 1 saturated heterocycles. The van der Waals surface area contributed by atoms with E-state index < -0.39 is 0 Å². The first-order chi connectivity index (χ1) is 7.43. The minimum absolute atomic E-state index is 0.877. The highest BCUT2D eigenvalue weighted by molar-refractivity contribution is 5.83. The molecule has 78 valence electrons. The number of rotatable bonds is 0. The molecule has 2 nitrogen and oxygen atoms in total. The van der Waals surface area contributed by atoms with Crippen LogP contribution in [0.4, 0.5) is 0 Å². The summed E-state index contributed by atoms with van der Waals surface area (Å²) in [5.41, 5.74) is 2.86. The van der Waals surface area contributed by atoms with Crippen LogP contribution in [0, 0.1) is 0 Å². The minimum Gasteiger partial charge on any atom is -0.356 e. The van der Waals surface area contributed by atoms with Gasteiger partial charge in [0, 0.05) is 19.5 Å². The molecule has 2 heteroatoms. The van der Waals surface area contributed by atoms with Gasteiger partial charge in [-0.3, -0.25) is 4.99 Å². The molecule has 0 bridgehead atoms. The Morgan fingerprint density at radius 2 is 1.93 bits per heavy atom. The summed E-state index contributed by atoms with van der Waals surface area (Å²) in [5.74, 6) is 1.33. The van der Waals surface area contributed by atoms with Crippen LogP contribution in [0.3, 0.4) is 0 Å². The SMILES string of the molecule is c1ccc2c(c1)CN=C1CCCCN1C2. The van der Waals surface area contributed by atoms with E-state index >= 15 is 0 Å². The Bertz CT molecular complexity index is 395. The van der Waals surface area contributed by atoms with Crippen LogP contribution in [-0.2, 0) is 13.1 Å². The Labute approximate surface area is 90.6 Å². The van der Waals surface area contributed by atoms with Crippen molar-refractivity contribution in [1.29, 1.82) is 0 Å². The molecule has 15 heavy (non-hydrogen) atoms. The van der Waals surface area contributed by atoms with Crippen molar-refractivity contribution in [2.45, 2.75) is 32.4 Å². The van der Waals surface area contributed by atoms with Crippen molar-refractivity contribution in [3.05, 3.63) is 35.4 Å². The first-order valence-electron chi connectivity index (χ1n) is 5.78. The molecule has 0 atom stereocenters. The Morgan fingerprint density at radius 1 is 1.07 bits per heavy atom. The normalized spacial score (nSPS) is 20.0. The third-order valence-corrected chi connectivity index (χ3v) is 3.35. The topological polar surface area (TPSA) is 15.6 Å². The molecule has 2 aliphatic heterocycles. The second-order valence-electron chi connectivity index (χ2n) is 4.38. The average molecular weight is 200 g/mol. The van der Waals surface area contributed by atoms with Crippen molar-refractivity contribution in [2.75, 3.05) is 6.54 Å². The van der Waals surface area contributed by atoms with E-state index in [0.29, 0.717) is 0 Å². The second kappa shape index (κ2) is 3.69. The Kier molecular flexibility index (Phi) is 2.20. The summed E-state index contributed by atoms with van der Waals surface area (Å²) in [6.45, 7) is 3.13. The third-order valence-electron chi connectivity index (χ3n) is 3.35. The molecule has 0 aromatic heterocycles. The Hall–Kier alpha value is -1.31. The van der Waals surface area contributed by atoms with Gasteiger partial charge in [0.15, 0.2) is 0 Å². The van der Waals surface area contributed by atoms with E-state index in [0.717, 1.165) is 13.1 Å². The van der Waals surface area contributed by atoms with Gasteiger partial charge in [-0.15, -0.1) is 0 Å². The molecule has 0 N–H and O–H groups in total. The summed E-state index contributed by atoms with van der Waals surface area (Å²) in [6.07, 6.45) is 3.81. The maximum absolute atomic E-state index is 4.73. The fraction of sp³-hybridized carbons (Fsp3) is 0.462. The van der Waals surface area contributed by atoms with Gasteiger partial charge >= 0.3 is 0 Å². The largest absolute Gasteiger partial charge is 0.356 e. The highest BCUT2D eigenvalue weighted by Gasteiger charge is 2.19. The van der Waals surface area contributed by atoms with E-state index in [4.69, 9.17) is 4.99 Å². The van der Waals surface area contributed by atoms with Crippen LogP contribution in [-0.4, -0.2) is 17.3 Å². The third kappa shape index (κ3) is 1.65. The van der Waals surface area contributed by atoms with Crippen LogP contribution in [0.5, 0.6) is 0 Å². The summed E-state index contributed by atoms with van der Waals surface area (Å²) in [5, 5.41) is 0. The predicted molar refractivity (Wildman–Crippen MR) is 61.8 cm³/mol. The molecular weight excluding hydrogens is 184 g/mol. The van der Waals surface area contributed by atoms with Crippen LogP contribution in [0.25, 0.3) is 0 Å². The van der Waals surface area contributed by atoms with Gasteiger partial charge in [-0.05, 0) is 24.0 Å². The monoisotopic (exact) mass is 200 g/mol. The zero-order chi connectivity index (χ0) is 10.1. The number of nitrogens with zero attached hydrogens (tertiary/aromatic N) is 2. The molecule has 1 aromatic rings. The molecule has 0 amide bonds. The van der Waals surface area contributed by atoms with Gasteiger partial charge in [0.05, 0.1) is 12.4 Å². The predicted octanol–water partition coefficient (Wildman–Crippen LogP) is 2.58. The molecule has 0 unspecified atom stereocenters. The molecule has 2 heterocycles. The van der Waals surface area contributed by atoms with E-state index in [1.54, 1.807) is 0 Å². The fourth-order valence-corrected chi connectivity index (χ4v) is 2.47. The Morgan fingerprint density at radius 3 is 2.87 bits per heavy atom. The maximum atomic E-state index is 4.73. The van der Waals surface area contributed by atoms with Crippen LogP contribution in [0.2, 0.25) is 0 Å². The van der Waals surface area contributed by atoms with Crippen LogP contribution in [0.1, 0.15) is 30.4 Å². The molecule has 3 rings (SSSR count). The molecule has 1 aromatic carbocycles. The lowest BCUT2D eigenvalue weighted by atomic mass is 10.1. The number of amidine groups is 1. The van der Waals surface area contributed by atoms with Crippen LogP contribution in [0.15, 0.2) is 29.3 Å². The summed E-state index contributed by atoms with van der Waals surface area (Å²) in [6, 6.07) is 8.69. The number of aliphatic imine (C=N–C) groups is 1. The van der Waals surface area contributed by atoms with E-state index in [2.05, 4.69) is 29.2 Å². The van der Waals surface area contributed by atoms with E-state index in [1.807, 2.05) is 0 Å². The molecule has 2 aliphatic rings. The van der Waals surface area contributed by atoms with E-state index in [9.17, 15) is 0 Å². The fourth-order valence-electron chi connectivity index (χ4n) is 2.47. The lowest BCUT2D eigenvalue weighted by Gasteiger charge is -2.29. The standard InChI is InChI=1S/C13H16N2/c1-2-6-12-10-15-8-4-3-7-13(15)14-9-11(12)5-1/h1-2,5-6H,3-4,7-10H2. The van der Waals surface area contributed by atoms with Gasteiger partial charge < -0.3 is 4.90 Å². The second-order valence-corrected chi connectivity index (χ2v) is 4.38. The summed E-state index contributed by atoms with van der Waals surface area (Å²) < 4.78 is 0. The number of benzene rings is 1. The van der Waals surface area contributed by atoms with Crippen LogP contribution >= 0.6 is 0 Å². The zero-order valence-corrected chi connectivity index (χ0v) is 8.95. The Balaban J connectivity index is 1.95. The lowest BCUT2D eigenvalue weighted by molar-refractivity contribution is 0.365. The first kappa shape index (κ1) is 8.96. The van der Waals surface area contributed by atoms with Crippen molar-refractivity contribution >= 4 is 5.84 Å². The van der Waals surface area contributed by atoms with Crippen molar-refractivity contribution in [1.82, 2.24) is 4.90 Å². The summed E-state index contributed by atoms with van der Waals surface area (Å²) >= 11 is 0. The number of hydrogen-bond donors (Lipinski definition) is 0. The van der Waals surface area contributed by atoms with E-state index in [-0.39, 0.29) is 0 Å². The molecule has 0 aliphatic carbocycles. The molecule has 1 fully saturated rings. The quantitative estimate of drug-likeness (QED) is 0.628. The van der Waals surface area contributed by atoms with Crippen molar-refractivity contribution in [3.63, 3.8) is 0 Å². The zero-order valence-electron chi connectivity index (χ0n) is 8.95. The van der Waals surface area contributed by atoms with Gasteiger partial charge in [0.2, 0.25) is 0 Å². The smallest absolute Gasteiger partial charge is 0.0996 e. The summed E-state index contributed by atoms with van der Waals surface area (Å²) in [7, 11) is 0. The molecular formula is C13H16N2. The minimum atomic E-state index is 0.877. The first-order valence-corrected chi connectivity index (χ1v) is 5.78. The van der Waals surface area contributed by atoms with Crippen molar-refractivity contribution in [2.24, 2.45) is 4.99 Å². The van der Waals surface area contributed by atoms with E-state index in [1.165, 1.54) is 42.8 Å². The molecule has 0 saturated carbocycles. The molecule has 0 radical (unpaired) electrons. The van der Waals surface area contributed by atoms with Gasteiger partial charge in [-0.2, -0.15) is 0 Å². The van der Waals surface area contributed by atoms with Crippen LogP contribution < -0.4 is 0 Å². The van der Waals surface area contributed by atoms with Gasteiger partial charge in [-0.25, -0.2) is 0 Å². The van der Waals surface area contributed by atoms with Gasteiger partial charge in [-0.1, -0.05) is 24.3 Å². The summed E-state index contributed by atoms with van der Waals surface area (Å²) in [4.78, 5) is 7.18. The average Bonchev–Trinajstić information content (AvgIpc) is 2.48. The number of hydrogen-bond acceptors (Lipinski definition) is 2. The molecule has 0 spiro atoms. The highest BCUT2D eigenvalue weighted by Crippen LogP contribution is 2.22. The van der Waals surface area contributed by atoms with Crippen molar-refractivity contribution < 1.29 is 0 Å². The lowest BCUT2D eigenvalue weighted by Crippen LogP contribution is -2.34. The van der Waals surface area contributed by atoms with Crippen molar-refractivity contribution in [3.8, 4) is 0 Å².